The number of nitrogens with zero attached hydrogens (tertiary/aromatic N) is 1. The summed E-state index contributed by atoms with van der Waals surface area (Å²) < 4.78 is 56.0. The number of rotatable bonds is 9. The number of hydrogen-bond acceptors (Lipinski definition) is 6. The molecule has 0 amide bonds. The molecule has 3 rings (SSSR count). The van der Waals surface area contributed by atoms with Gasteiger partial charge in [-0.25, -0.2) is 12.8 Å². The molecule has 202 valence electrons. The fourth-order valence-corrected chi connectivity index (χ4v) is 6.85. The summed E-state index contributed by atoms with van der Waals surface area (Å²) in [7, 11) is -5.38. The minimum absolute atomic E-state index is 0.00608. The van der Waals surface area contributed by atoms with Crippen LogP contribution in [0.15, 0.2) is 67.0 Å². The van der Waals surface area contributed by atoms with Crippen molar-refractivity contribution in [2.45, 2.75) is 56.3 Å². The van der Waals surface area contributed by atoms with Gasteiger partial charge in [-0.1, -0.05) is 75.9 Å². The van der Waals surface area contributed by atoms with Gasteiger partial charge in [-0.15, -0.1) is 0 Å². The predicted octanol–water partition coefficient (Wildman–Crippen LogP) is 4.53. The monoisotopic (exact) mass is 548 g/mol. The van der Waals surface area contributed by atoms with Gasteiger partial charge in [0, 0.05) is 12.6 Å². The molecule has 1 fully saturated rings. The van der Waals surface area contributed by atoms with Crippen LogP contribution in [0.3, 0.4) is 0 Å². The van der Waals surface area contributed by atoms with Crippen LogP contribution in [-0.4, -0.2) is 52.3 Å². The van der Waals surface area contributed by atoms with Crippen LogP contribution in [0, 0.1) is 5.82 Å². The predicted molar refractivity (Wildman–Crippen MR) is 145 cm³/mol. The molecule has 10 heteroatoms. The van der Waals surface area contributed by atoms with Crippen LogP contribution >= 0.6 is 0 Å². The van der Waals surface area contributed by atoms with Crippen molar-refractivity contribution in [3.05, 3.63) is 83.9 Å². The average Bonchev–Trinajstić information content (AvgIpc) is 2.81. The Balaban J connectivity index is 2.09. The Bertz CT molecular complexity index is 1250. The van der Waals surface area contributed by atoms with E-state index in [4.69, 9.17) is 9.16 Å². The Morgan fingerprint density at radius 2 is 1.73 bits per heavy atom. The minimum atomic E-state index is -4.31. The van der Waals surface area contributed by atoms with Gasteiger partial charge in [0.05, 0.1) is 19.8 Å². The lowest BCUT2D eigenvalue weighted by Gasteiger charge is -2.48. The molecule has 2 aromatic carbocycles. The van der Waals surface area contributed by atoms with E-state index in [9.17, 15) is 13.2 Å². The second kappa shape index (κ2) is 10.7. The Kier molecular flexibility index (Phi) is 8.38. The van der Waals surface area contributed by atoms with Crippen molar-refractivity contribution < 1.29 is 26.8 Å². The molecule has 2 unspecified atom stereocenters. The summed E-state index contributed by atoms with van der Waals surface area (Å²) in [5, 5.41) is 1.15. The van der Waals surface area contributed by atoms with Crippen molar-refractivity contribution in [2.75, 3.05) is 20.3 Å². The molecule has 0 spiro atoms. The largest absolute Gasteiger partial charge is 0.409 e. The quantitative estimate of drug-likeness (QED) is 0.464. The van der Waals surface area contributed by atoms with E-state index in [1.807, 2.05) is 64.2 Å². The second-order valence-electron chi connectivity index (χ2n) is 10.9. The van der Waals surface area contributed by atoms with E-state index >= 15 is 4.39 Å². The third-order valence-electron chi connectivity index (χ3n) is 7.34. The van der Waals surface area contributed by atoms with E-state index in [1.165, 1.54) is 25.2 Å². The van der Waals surface area contributed by atoms with E-state index in [2.05, 4.69) is 11.9 Å². The van der Waals surface area contributed by atoms with Gasteiger partial charge in [0.15, 0.2) is 19.4 Å². The normalized spacial score (nSPS) is 22.0. The fourth-order valence-electron chi connectivity index (χ4n) is 4.08. The Hall–Kier alpha value is -2.53. The van der Waals surface area contributed by atoms with Crippen LogP contribution in [0.5, 0.6) is 0 Å². The van der Waals surface area contributed by atoms with Crippen molar-refractivity contribution in [3.8, 4) is 0 Å². The third kappa shape index (κ3) is 5.82. The molecule has 0 radical (unpaired) electrons. The minimum Gasteiger partial charge on any atom is -0.409 e. The van der Waals surface area contributed by atoms with Gasteiger partial charge >= 0.3 is 0 Å². The highest BCUT2D eigenvalue weighted by Crippen LogP contribution is 2.40. The summed E-state index contributed by atoms with van der Waals surface area (Å²) >= 11 is 0. The molecule has 37 heavy (non-hydrogen) atoms. The van der Waals surface area contributed by atoms with Crippen LogP contribution < -0.4 is 5.32 Å². The van der Waals surface area contributed by atoms with E-state index in [1.54, 1.807) is 6.07 Å². The summed E-state index contributed by atoms with van der Waals surface area (Å²) in [4.78, 5) is 13.8. The van der Waals surface area contributed by atoms with E-state index in [-0.39, 0.29) is 29.6 Å². The number of ketones is 1. The summed E-state index contributed by atoms with van der Waals surface area (Å²) in [5.74, 6) is -1.32. The lowest BCUT2D eigenvalue weighted by molar-refractivity contribution is -0.123. The lowest BCUT2D eigenvalue weighted by Crippen LogP contribution is -2.68. The van der Waals surface area contributed by atoms with Gasteiger partial charge in [0.1, 0.15) is 17.2 Å². The first-order valence-corrected chi connectivity index (χ1v) is 16.5. The zero-order chi connectivity index (χ0) is 27.6. The van der Waals surface area contributed by atoms with Gasteiger partial charge in [-0.3, -0.25) is 9.10 Å². The lowest BCUT2D eigenvalue weighted by atomic mass is 9.84. The molecule has 1 N–H and O–H groups in total. The zero-order valence-corrected chi connectivity index (χ0v) is 24.2. The van der Waals surface area contributed by atoms with Crippen molar-refractivity contribution in [1.82, 2.24) is 9.62 Å². The topological polar surface area (TPSA) is 84.9 Å². The van der Waals surface area contributed by atoms with Crippen LogP contribution in [0.2, 0.25) is 18.1 Å². The van der Waals surface area contributed by atoms with Gasteiger partial charge in [-0.2, -0.15) is 0 Å². The Morgan fingerprint density at radius 1 is 1.14 bits per heavy atom. The van der Waals surface area contributed by atoms with Crippen LogP contribution in [-0.2, 0) is 36.1 Å². The third-order valence-corrected chi connectivity index (χ3v) is 14.1. The Labute approximate surface area is 220 Å². The number of hydrogen-bond donors (Lipinski definition) is 1. The van der Waals surface area contributed by atoms with Crippen molar-refractivity contribution in [2.24, 2.45) is 0 Å². The first-order valence-electron chi connectivity index (χ1n) is 12.1. The SMILES string of the molecule is C=C1NC(COCc2ccccc2)(c2ccccc2F)C(C(=O)CO[Si](C)(C)C(C)(C)C)S(=O)(=O)N1C. The van der Waals surface area contributed by atoms with E-state index < -0.39 is 47.3 Å². The molecule has 0 aromatic heterocycles. The highest BCUT2D eigenvalue weighted by Gasteiger charge is 2.58. The van der Waals surface area contributed by atoms with Gasteiger partial charge < -0.3 is 14.5 Å². The maximum absolute atomic E-state index is 15.3. The first kappa shape index (κ1) is 29.0. The number of Topliss-reactive ketones (excluding diaryl/α,β-unsaturated/α-hetero) is 1. The summed E-state index contributed by atoms with van der Waals surface area (Å²) in [6.07, 6.45) is 0. The average molecular weight is 549 g/mol. The zero-order valence-electron chi connectivity index (χ0n) is 22.4. The highest BCUT2D eigenvalue weighted by atomic mass is 32.2. The molecule has 0 aliphatic carbocycles. The molecule has 2 aromatic rings. The van der Waals surface area contributed by atoms with Gasteiger partial charge in [0.2, 0.25) is 10.0 Å². The molecule has 7 nitrogen and oxygen atoms in total. The molecule has 1 saturated heterocycles. The van der Waals surface area contributed by atoms with Crippen molar-refractivity contribution >= 4 is 24.1 Å². The molecular weight excluding hydrogens is 511 g/mol. The van der Waals surface area contributed by atoms with Gasteiger partial charge in [-0.05, 0) is 29.8 Å². The molecule has 0 bridgehead atoms. The molecule has 1 aliphatic heterocycles. The van der Waals surface area contributed by atoms with Crippen LogP contribution in [0.25, 0.3) is 0 Å². The highest BCUT2D eigenvalue weighted by molar-refractivity contribution is 7.90. The number of ether oxygens (including phenoxy) is 1. The summed E-state index contributed by atoms with van der Waals surface area (Å²) in [6, 6.07) is 15.1. The van der Waals surface area contributed by atoms with E-state index in [0.29, 0.717) is 0 Å². The number of carbonyl (C=O) groups excluding carboxylic acids is 1. The fraction of sp³-hybridized carbons (Fsp3) is 0.444. The van der Waals surface area contributed by atoms with Crippen LogP contribution in [0.1, 0.15) is 31.9 Å². The summed E-state index contributed by atoms with van der Waals surface area (Å²) in [6.45, 7) is 13.3. The maximum Gasteiger partial charge on any atom is 0.248 e. The number of halogens is 1. The molecule has 1 heterocycles. The molecule has 2 atom stereocenters. The van der Waals surface area contributed by atoms with Crippen LogP contribution in [0.4, 0.5) is 4.39 Å². The smallest absolute Gasteiger partial charge is 0.248 e. The van der Waals surface area contributed by atoms with E-state index in [0.717, 1.165) is 9.87 Å². The number of carbonyl (C=O) groups is 1. The second-order valence-corrected chi connectivity index (χ2v) is 17.8. The number of benzene rings is 2. The summed E-state index contributed by atoms with van der Waals surface area (Å²) in [5.41, 5.74) is -0.910. The molecule has 0 saturated carbocycles. The molecule has 1 aliphatic rings. The number of nitrogens with one attached hydrogen (secondary N) is 1. The van der Waals surface area contributed by atoms with Crippen molar-refractivity contribution in [1.29, 1.82) is 0 Å². The molecular formula is C27H37FN2O5SSi. The maximum atomic E-state index is 15.3. The van der Waals surface area contributed by atoms with Gasteiger partial charge in [0.25, 0.3) is 0 Å². The van der Waals surface area contributed by atoms with Crippen molar-refractivity contribution in [3.63, 3.8) is 0 Å². The first-order chi connectivity index (χ1) is 17.1. The Morgan fingerprint density at radius 3 is 2.32 bits per heavy atom. The number of sulfonamides is 1. The standard InChI is InChI=1S/C27H37FN2O5SSi/c1-20-29-27(22-15-11-12-16-23(22)28,19-34-17-21-13-9-8-10-14-21)25(36(32,33)30(20)5)24(31)18-35-37(6,7)26(2,3)4/h8-16,25,29H,1,17-19H2,2-7H3.